The van der Waals surface area contributed by atoms with Crippen molar-refractivity contribution >= 4 is 11.8 Å². The van der Waals surface area contributed by atoms with Gasteiger partial charge in [0.25, 0.3) is 0 Å². The van der Waals surface area contributed by atoms with Gasteiger partial charge in [-0.3, -0.25) is 9.59 Å². The Labute approximate surface area is 117 Å². The van der Waals surface area contributed by atoms with Crippen molar-refractivity contribution in [3.8, 4) is 0 Å². The van der Waals surface area contributed by atoms with Gasteiger partial charge in [0.2, 0.25) is 0 Å². The molecule has 0 aliphatic heterocycles. The summed E-state index contributed by atoms with van der Waals surface area (Å²) < 4.78 is 4.70. The third-order valence-electron chi connectivity index (χ3n) is 3.44. The fourth-order valence-electron chi connectivity index (χ4n) is 2.10. The molecule has 0 aromatic carbocycles. The minimum absolute atomic E-state index is 0.144. The van der Waals surface area contributed by atoms with Gasteiger partial charge in [0.1, 0.15) is 5.78 Å². The molecule has 4 heteroatoms. The molecule has 0 fully saturated rings. The van der Waals surface area contributed by atoms with Crippen LogP contribution in [-0.2, 0) is 14.3 Å². The van der Waals surface area contributed by atoms with Crippen molar-refractivity contribution in [3.05, 3.63) is 0 Å². The van der Waals surface area contributed by atoms with Gasteiger partial charge in [-0.05, 0) is 26.1 Å². The van der Waals surface area contributed by atoms with Gasteiger partial charge in [-0.1, -0.05) is 34.6 Å². The zero-order valence-corrected chi connectivity index (χ0v) is 13.3. The molecule has 0 rings (SSSR count). The number of hydrogen-bond donors (Lipinski definition) is 0. The highest BCUT2D eigenvalue weighted by molar-refractivity contribution is 5.89. The van der Waals surface area contributed by atoms with E-state index in [2.05, 4.69) is 18.7 Å². The van der Waals surface area contributed by atoms with Crippen molar-refractivity contribution in [1.29, 1.82) is 0 Å². The summed E-state index contributed by atoms with van der Waals surface area (Å²) in [7, 11) is 1.37. The Morgan fingerprint density at radius 3 is 2.05 bits per heavy atom. The molecule has 0 aliphatic carbocycles. The fraction of sp³-hybridized carbons (Fsp3) is 0.867. The number of Topliss-reactive ketones (excluding diaryl/α,β-unsaturated/α-hetero) is 1. The summed E-state index contributed by atoms with van der Waals surface area (Å²) in [6, 6.07) is 0. The van der Waals surface area contributed by atoms with E-state index in [0.29, 0.717) is 6.42 Å². The lowest BCUT2D eigenvalue weighted by Crippen LogP contribution is -2.34. The molecule has 0 saturated carbocycles. The Morgan fingerprint density at radius 1 is 1.16 bits per heavy atom. The van der Waals surface area contributed by atoms with E-state index in [9.17, 15) is 9.59 Å². The zero-order chi connectivity index (χ0) is 15.1. The number of carbonyl (C=O) groups is 2. The standard InChI is InChI=1S/C15H29NO3/c1-7-16(8-2)10-9-12(11-13(17)19-6)14(18)15(3,4)5/h12H,7-11H2,1-6H3/t12-/m0/s1. The summed E-state index contributed by atoms with van der Waals surface area (Å²) in [5.74, 6) is -0.403. The SMILES string of the molecule is CCN(CC)CC[C@@H](CC(=O)OC)C(=O)C(C)(C)C. The van der Waals surface area contributed by atoms with E-state index < -0.39 is 5.41 Å². The fourth-order valence-corrected chi connectivity index (χ4v) is 2.10. The maximum atomic E-state index is 12.4. The van der Waals surface area contributed by atoms with Gasteiger partial charge in [0.15, 0.2) is 0 Å². The zero-order valence-electron chi connectivity index (χ0n) is 13.3. The van der Waals surface area contributed by atoms with Crippen LogP contribution in [0.25, 0.3) is 0 Å². The third-order valence-corrected chi connectivity index (χ3v) is 3.44. The van der Waals surface area contributed by atoms with E-state index in [0.717, 1.165) is 19.6 Å². The Bertz CT molecular complexity index is 290. The van der Waals surface area contributed by atoms with E-state index in [4.69, 9.17) is 4.74 Å². The van der Waals surface area contributed by atoms with Crippen molar-refractivity contribution < 1.29 is 14.3 Å². The molecule has 0 amide bonds. The second kappa shape index (κ2) is 8.31. The summed E-state index contributed by atoms with van der Waals surface area (Å²) in [5, 5.41) is 0. The maximum Gasteiger partial charge on any atom is 0.306 e. The van der Waals surface area contributed by atoms with Crippen LogP contribution in [0.2, 0.25) is 0 Å². The Kier molecular flexibility index (Phi) is 7.91. The van der Waals surface area contributed by atoms with Gasteiger partial charge in [0.05, 0.1) is 13.5 Å². The summed E-state index contributed by atoms with van der Waals surface area (Å²) in [4.78, 5) is 26.1. The number of rotatable bonds is 8. The van der Waals surface area contributed by atoms with E-state index in [1.54, 1.807) is 0 Å². The van der Waals surface area contributed by atoms with Crippen LogP contribution in [0.1, 0.15) is 47.5 Å². The van der Waals surface area contributed by atoms with Crippen LogP contribution < -0.4 is 0 Å². The number of esters is 1. The van der Waals surface area contributed by atoms with Crippen LogP contribution in [-0.4, -0.2) is 43.4 Å². The maximum absolute atomic E-state index is 12.4. The molecule has 0 aromatic rings. The number of carbonyl (C=O) groups excluding carboxylic acids is 2. The summed E-state index contributed by atoms with van der Waals surface area (Å²) in [5.41, 5.74) is -0.415. The number of nitrogens with zero attached hydrogens (tertiary/aromatic N) is 1. The van der Waals surface area contributed by atoms with Crippen LogP contribution in [0, 0.1) is 11.3 Å². The first kappa shape index (κ1) is 18.1. The van der Waals surface area contributed by atoms with Gasteiger partial charge < -0.3 is 9.64 Å². The van der Waals surface area contributed by atoms with E-state index in [1.807, 2.05) is 20.8 Å². The lowest BCUT2D eigenvalue weighted by molar-refractivity contribution is -0.145. The second-order valence-corrected chi connectivity index (χ2v) is 5.91. The number of methoxy groups -OCH3 is 1. The predicted molar refractivity (Wildman–Crippen MR) is 77.0 cm³/mol. The molecule has 0 aromatic heterocycles. The third kappa shape index (κ3) is 6.71. The first-order valence-corrected chi connectivity index (χ1v) is 7.09. The monoisotopic (exact) mass is 271 g/mol. The van der Waals surface area contributed by atoms with Crippen molar-refractivity contribution in [2.75, 3.05) is 26.7 Å². The van der Waals surface area contributed by atoms with E-state index in [-0.39, 0.29) is 24.1 Å². The Morgan fingerprint density at radius 2 is 1.68 bits per heavy atom. The largest absolute Gasteiger partial charge is 0.469 e. The summed E-state index contributed by atoms with van der Waals surface area (Å²) >= 11 is 0. The van der Waals surface area contributed by atoms with Crippen LogP contribution in [0.4, 0.5) is 0 Å². The highest BCUT2D eigenvalue weighted by atomic mass is 16.5. The molecule has 0 unspecified atom stereocenters. The summed E-state index contributed by atoms with van der Waals surface area (Å²) in [6.07, 6.45) is 0.904. The highest BCUT2D eigenvalue weighted by Crippen LogP contribution is 2.25. The predicted octanol–water partition coefficient (Wildman–Crippen LogP) is 2.51. The van der Waals surface area contributed by atoms with Gasteiger partial charge in [-0.25, -0.2) is 0 Å². The molecule has 0 heterocycles. The topological polar surface area (TPSA) is 46.6 Å². The quantitative estimate of drug-likeness (QED) is 0.636. The molecule has 0 spiro atoms. The molecule has 1 atom stereocenters. The molecule has 19 heavy (non-hydrogen) atoms. The molecule has 4 nitrogen and oxygen atoms in total. The average Bonchev–Trinajstić information content (AvgIpc) is 2.36. The highest BCUT2D eigenvalue weighted by Gasteiger charge is 2.31. The van der Waals surface area contributed by atoms with Gasteiger partial charge in [-0.2, -0.15) is 0 Å². The van der Waals surface area contributed by atoms with Gasteiger partial charge >= 0.3 is 5.97 Å². The second-order valence-electron chi connectivity index (χ2n) is 5.91. The van der Waals surface area contributed by atoms with Gasteiger partial charge in [0, 0.05) is 11.3 Å². The summed E-state index contributed by atoms with van der Waals surface area (Å²) in [6.45, 7) is 12.7. The van der Waals surface area contributed by atoms with Crippen molar-refractivity contribution in [3.63, 3.8) is 0 Å². The van der Waals surface area contributed by atoms with E-state index >= 15 is 0 Å². The van der Waals surface area contributed by atoms with Crippen molar-refractivity contribution in [1.82, 2.24) is 4.90 Å². The molecular formula is C15H29NO3. The van der Waals surface area contributed by atoms with E-state index in [1.165, 1.54) is 7.11 Å². The van der Waals surface area contributed by atoms with Crippen molar-refractivity contribution in [2.24, 2.45) is 11.3 Å². The first-order valence-electron chi connectivity index (χ1n) is 7.09. The number of hydrogen-bond acceptors (Lipinski definition) is 4. The minimum atomic E-state index is -0.415. The normalized spacial score (nSPS) is 13.4. The van der Waals surface area contributed by atoms with Crippen LogP contribution in [0.3, 0.4) is 0 Å². The van der Waals surface area contributed by atoms with Gasteiger partial charge in [-0.15, -0.1) is 0 Å². The molecular weight excluding hydrogens is 242 g/mol. The Balaban J connectivity index is 4.68. The van der Waals surface area contributed by atoms with Crippen LogP contribution in [0.15, 0.2) is 0 Å². The smallest absolute Gasteiger partial charge is 0.306 e. The lowest BCUT2D eigenvalue weighted by atomic mass is 9.80. The lowest BCUT2D eigenvalue weighted by Gasteiger charge is -2.26. The minimum Gasteiger partial charge on any atom is -0.469 e. The van der Waals surface area contributed by atoms with Crippen LogP contribution >= 0.6 is 0 Å². The molecule has 112 valence electrons. The molecule has 0 radical (unpaired) electrons. The van der Waals surface area contributed by atoms with Crippen molar-refractivity contribution in [2.45, 2.75) is 47.5 Å². The Hall–Kier alpha value is -0.900. The van der Waals surface area contributed by atoms with Crippen LogP contribution in [0.5, 0.6) is 0 Å². The average molecular weight is 271 g/mol. The molecule has 0 aliphatic rings. The first-order chi connectivity index (χ1) is 8.76. The molecule has 0 N–H and O–H groups in total. The molecule has 0 bridgehead atoms. The molecule has 0 saturated heterocycles. The number of ketones is 1. The number of ether oxygens (including phenoxy) is 1.